The van der Waals surface area contributed by atoms with Crippen LogP contribution in [0, 0.1) is 0 Å². The van der Waals surface area contributed by atoms with E-state index < -0.39 is 26.6 Å². The number of hydrogen-bond acceptors (Lipinski definition) is 7. The molecule has 3 unspecified atom stereocenters. The second kappa shape index (κ2) is 54.0. The van der Waals surface area contributed by atoms with Crippen LogP contribution in [0.1, 0.15) is 239 Å². The van der Waals surface area contributed by atoms with Crippen molar-refractivity contribution < 1.29 is 37.3 Å². The van der Waals surface area contributed by atoms with Gasteiger partial charge in [0.05, 0.1) is 33.8 Å². The van der Waals surface area contributed by atoms with E-state index in [1.165, 1.54) is 77.0 Å². The predicted molar refractivity (Wildman–Crippen MR) is 320 cm³/mol. The summed E-state index contributed by atoms with van der Waals surface area (Å²) < 4.78 is 30.2. The molecular weight excluding hydrogens is 952 g/mol. The quantitative estimate of drug-likeness (QED) is 0.0161. The number of phosphoric ester groups is 1. The van der Waals surface area contributed by atoms with Crippen LogP contribution in [-0.2, 0) is 27.9 Å². The Hall–Kier alpha value is -3.33. The number of quaternary nitrogens is 1. The molecular formula is C65H113N2O7P. The number of rotatable bonds is 53. The highest BCUT2D eigenvalue weighted by Gasteiger charge is 2.27. The van der Waals surface area contributed by atoms with Crippen LogP contribution in [0.25, 0.3) is 0 Å². The number of amides is 1. The van der Waals surface area contributed by atoms with Gasteiger partial charge in [-0.2, -0.15) is 0 Å². The first-order valence-electron chi connectivity index (χ1n) is 30.2. The zero-order chi connectivity index (χ0) is 55.0. The molecule has 0 aliphatic rings. The van der Waals surface area contributed by atoms with Crippen molar-refractivity contribution in [2.75, 3.05) is 40.9 Å². The molecule has 0 fully saturated rings. The highest BCUT2D eigenvalue weighted by atomic mass is 31.2. The van der Waals surface area contributed by atoms with Crippen LogP contribution >= 0.6 is 7.82 Å². The number of likely N-dealkylation sites (N-methyl/N-ethyl adjacent to an activating group) is 1. The lowest BCUT2D eigenvalue weighted by Gasteiger charge is -2.30. The largest absolute Gasteiger partial charge is 0.756 e. The van der Waals surface area contributed by atoms with E-state index in [2.05, 4.69) is 123 Å². The molecule has 0 aliphatic heterocycles. The lowest BCUT2D eigenvalue weighted by atomic mass is 10.0. The van der Waals surface area contributed by atoms with Crippen molar-refractivity contribution >= 4 is 19.7 Å². The summed E-state index contributed by atoms with van der Waals surface area (Å²) in [6, 6.07) is -0.923. The molecule has 75 heavy (non-hydrogen) atoms. The third kappa shape index (κ3) is 55.2. The second-order valence-electron chi connectivity index (χ2n) is 21.1. The summed E-state index contributed by atoms with van der Waals surface area (Å²) in [5.41, 5.74) is 0. The third-order valence-corrected chi connectivity index (χ3v) is 13.7. The molecule has 0 saturated carbocycles. The fourth-order valence-electron chi connectivity index (χ4n) is 8.04. The van der Waals surface area contributed by atoms with Crippen LogP contribution in [0.2, 0.25) is 0 Å². The predicted octanol–water partition coefficient (Wildman–Crippen LogP) is 17.9. The lowest BCUT2D eigenvalue weighted by Crippen LogP contribution is -2.47. The molecule has 0 rings (SSSR count). The normalized spacial score (nSPS) is 14.5. The Morgan fingerprint density at radius 3 is 1.40 bits per heavy atom. The van der Waals surface area contributed by atoms with Crippen molar-refractivity contribution in [3.05, 3.63) is 109 Å². The van der Waals surface area contributed by atoms with Crippen LogP contribution < -0.4 is 10.2 Å². The zero-order valence-electron chi connectivity index (χ0n) is 49.0. The number of ether oxygens (including phenoxy) is 1. The highest BCUT2D eigenvalue weighted by molar-refractivity contribution is 7.45. The molecule has 0 radical (unpaired) electrons. The van der Waals surface area contributed by atoms with Gasteiger partial charge >= 0.3 is 5.97 Å². The number of esters is 1. The van der Waals surface area contributed by atoms with E-state index in [1.54, 1.807) is 0 Å². The van der Waals surface area contributed by atoms with E-state index in [9.17, 15) is 19.0 Å². The van der Waals surface area contributed by atoms with E-state index >= 15 is 0 Å². The topological polar surface area (TPSA) is 114 Å². The van der Waals surface area contributed by atoms with Crippen molar-refractivity contribution in [1.82, 2.24) is 5.32 Å². The van der Waals surface area contributed by atoms with Crippen LogP contribution in [-0.4, -0.2) is 69.4 Å². The Kier molecular flexibility index (Phi) is 51.6. The molecule has 0 aromatic rings. The molecule has 0 heterocycles. The maximum absolute atomic E-state index is 13.5. The second-order valence-corrected chi connectivity index (χ2v) is 22.6. The van der Waals surface area contributed by atoms with Crippen LogP contribution in [0.3, 0.4) is 0 Å². The van der Waals surface area contributed by atoms with Gasteiger partial charge in [-0.1, -0.05) is 227 Å². The fraction of sp³-hybridized carbons (Fsp3) is 0.692. The summed E-state index contributed by atoms with van der Waals surface area (Å²) in [4.78, 5) is 39.9. The number of unbranched alkanes of at least 4 members (excludes halogenated alkanes) is 22. The number of hydrogen-bond donors (Lipinski definition) is 1. The Bertz CT molecular complexity index is 1650. The lowest BCUT2D eigenvalue weighted by molar-refractivity contribution is -0.870. The van der Waals surface area contributed by atoms with Crippen molar-refractivity contribution in [2.24, 2.45) is 0 Å². The first-order chi connectivity index (χ1) is 36.4. The van der Waals surface area contributed by atoms with Crippen LogP contribution in [0.15, 0.2) is 109 Å². The van der Waals surface area contributed by atoms with Gasteiger partial charge in [-0.15, -0.1) is 0 Å². The Balaban J connectivity index is 5.42. The molecule has 0 bridgehead atoms. The number of allylic oxidation sites excluding steroid dienone is 17. The maximum Gasteiger partial charge on any atom is 0.306 e. The van der Waals surface area contributed by atoms with Gasteiger partial charge in [0.25, 0.3) is 7.82 Å². The van der Waals surface area contributed by atoms with Crippen LogP contribution in [0.4, 0.5) is 0 Å². The summed E-state index contributed by atoms with van der Waals surface area (Å²) in [5.74, 6) is -0.612. The Morgan fingerprint density at radius 2 is 0.893 bits per heavy atom. The van der Waals surface area contributed by atoms with E-state index in [4.69, 9.17) is 13.8 Å². The van der Waals surface area contributed by atoms with E-state index in [0.29, 0.717) is 23.9 Å². The fourth-order valence-corrected chi connectivity index (χ4v) is 8.77. The number of carbonyl (C=O) groups excluding carboxylic acids is 2. The summed E-state index contributed by atoms with van der Waals surface area (Å²) in [5, 5.41) is 3.00. The third-order valence-electron chi connectivity index (χ3n) is 12.7. The number of phosphoric acid groups is 1. The van der Waals surface area contributed by atoms with Gasteiger partial charge in [0.1, 0.15) is 19.3 Å². The molecule has 9 nitrogen and oxygen atoms in total. The van der Waals surface area contributed by atoms with E-state index in [1.807, 2.05) is 33.3 Å². The van der Waals surface area contributed by atoms with Crippen molar-refractivity contribution in [3.8, 4) is 0 Å². The molecule has 3 atom stereocenters. The van der Waals surface area contributed by atoms with Crippen molar-refractivity contribution in [1.29, 1.82) is 0 Å². The van der Waals surface area contributed by atoms with Gasteiger partial charge in [0, 0.05) is 12.8 Å². The summed E-state index contributed by atoms with van der Waals surface area (Å²) in [7, 11) is 1.13. The first kappa shape index (κ1) is 71.7. The summed E-state index contributed by atoms with van der Waals surface area (Å²) in [6.45, 7) is 6.64. The minimum Gasteiger partial charge on any atom is -0.756 e. The Morgan fingerprint density at radius 1 is 0.493 bits per heavy atom. The molecule has 0 saturated heterocycles. The van der Waals surface area contributed by atoms with E-state index in [0.717, 1.165) is 116 Å². The average molecular weight is 1070 g/mol. The number of nitrogens with one attached hydrogen (secondary N) is 1. The van der Waals surface area contributed by atoms with Gasteiger partial charge in [0.15, 0.2) is 0 Å². The molecule has 0 aromatic heterocycles. The average Bonchev–Trinajstić information content (AvgIpc) is 3.37. The van der Waals surface area contributed by atoms with Crippen molar-refractivity contribution in [3.63, 3.8) is 0 Å². The molecule has 0 spiro atoms. The molecule has 430 valence electrons. The minimum absolute atomic E-state index is 0.0384. The first-order valence-corrected chi connectivity index (χ1v) is 31.7. The molecule has 1 amide bonds. The van der Waals surface area contributed by atoms with Gasteiger partial charge in [-0.25, -0.2) is 0 Å². The van der Waals surface area contributed by atoms with Gasteiger partial charge < -0.3 is 28.5 Å². The molecule has 10 heteroatoms. The monoisotopic (exact) mass is 1060 g/mol. The van der Waals surface area contributed by atoms with Gasteiger partial charge in [-0.05, 0) is 109 Å². The summed E-state index contributed by atoms with van der Waals surface area (Å²) in [6.07, 6.45) is 73.4. The molecule has 0 aliphatic carbocycles. The number of carbonyl (C=O) groups is 2. The maximum atomic E-state index is 13.5. The van der Waals surface area contributed by atoms with E-state index in [-0.39, 0.29) is 31.3 Å². The number of nitrogens with zero attached hydrogens (tertiary/aromatic N) is 1. The molecule has 1 N–H and O–H groups in total. The minimum atomic E-state index is -4.72. The summed E-state index contributed by atoms with van der Waals surface area (Å²) >= 11 is 0. The van der Waals surface area contributed by atoms with Crippen LogP contribution in [0.5, 0.6) is 0 Å². The smallest absolute Gasteiger partial charge is 0.306 e. The van der Waals surface area contributed by atoms with Gasteiger partial charge in [-0.3, -0.25) is 14.2 Å². The zero-order valence-corrected chi connectivity index (χ0v) is 49.9. The standard InChI is InChI=1S/C65H113N2O7P/c1-7-10-13-16-19-22-25-28-30-31-32-33-34-35-37-39-42-45-48-51-54-57-64(68)66-62(61-73-75(70,71)72-60-59-67(4,5)6)63(56-53-50-47-44-41-38-27-24-21-18-15-12-9-3)74-65(69)58-55-52-49-46-43-40-36-29-26-23-20-17-14-11-8-2/h10,13,19-20,22-23,26,28-30,32-33,35,37,42,45,53,56,62-63H,7-9,11-12,14-18,21,24-25,27,31,34,36,38-41,43-44,46-52,54-55,57-61H2,1-6H3,(H-,66,68,70,71)/b13-10-,22-19-,23-20+,29-26+,30-28-,33-32-,37-35-,45-42-,56-53-. The van der Waals surface area contributed by atoms with Crippen molar-refractivity contribution in [2.45, 2.75) is 251 Å². The SMILES string of the molecule is CC/C=C\C/C=C\C/C=C\C/C=C\C/C=C\C/C=C\CCCCC(=O)NC(COP(=O)([O-])OCC[N+](C)(C)C)C(/C=C\CCCCCCCCCCCCC)OC(=O)CCCCCCCC/C=C/C=C/CCCCC. The molecule has 0 aromatic carbocycles. The Labute approximate surface area is 461 Å². The van der Waals surface area contributed by atoms with Gasteiger partial charge in [0.2, 0.25) is 5.91 Å². The highest BCUT2D eigenvalue weighted by Crippen LogP contribution is 2.38.